The molecule has 1 saturated heterocycles. The third kappa shape index (κ3) is 3.96. The molecule has 1 unspecified atom stereocenters. The molecular formula is C18H19F3N4O2. The summed E-state index contributed by atoms with van der Waals surface area (Å²) in [4.78, 5) is 26.1. The van der Waals surface area contributed by atoms with Gasteiger partial charge in [-0.15, -0.1) is 0 Å². The second-order valence-corrected chi connectivity index (χ2v) is 6.69. The second-order valence-electron chi connectivity index (χ2n) is 6.69. The number of carbonyl (C=O) groups is 2. The zero-order valence-corrected chi connectivity index (χ0v) is 14.8. The first kappa shape index (κ1) is 18.9. The van der Waals surface area contributed by atoms with Gasteiger partial charge in [-0.05, 0) is 38.1 Å². The van der Waals surface area contributed by atoms with Crippen molar-refractivity contribution >= 4 is 11.8 Å². The third-order valence-corrected chi connectivity index (χ3v) is 4.40. The number of carbonyl (C=O) groups excluding carboxylic acids is 2. The van der Waals surface area contributed by atoms with Crippen LogP contribution < -0.4 is 5.32 Å². The van der Waals surface area contributed by atoms with E-state index < -0.39 is 17.8 Å². The number of amides is 2. The molecule has 2 aromatic rings. The standard InChI is InChI=1S/C18H19F3N4O2/c1-11(2)24-10-13(9-16(24)26)23-17(27)12-4-3-5-14(8-12)25-15(6-7-22-25)18(19,20)21/h3-8,11,13H,9-10H2,1-2H3,(H,23,27). The van der Waals surface area contributed by atoms with Crippen LogP contribution in [0.1, 0.15) is 36.3 Å². The molecule has 1 N–H and O–H groups in total. The van der Waals surface area contributed by atoms with Crippen molar-refractivity contribution in [2.75, 3.05) is 6.54 Å². The lowest BCUT2D eigenvalue weighted by molar-refractivity contribution is -0.142. The van der Waals surface area contributed by atoms with Gasteiger partial charge in [-0.1, -0.05) is 6.07 Å². The number of nitrogens with one attached hydrogen (secondary N) is 1. The van der Waals surface area contributed by atoms with Gasteiger partial charge in [0, 0.05) is 24.6 Å². The first-order valence-electron chi connectivity index (χ1n) is 8.49. The van der Waals surface area contributed by atoms with E-state index in [2.05, 4.69) is 10.4 Å². The minimum absolute atomic E-state index is 0.0320. The van der Waals surface area contributed by atoms with E-state index in [9.17, 15) is 22.8 Å². The summed E-state index contributed by atoms with van der Waals surface area (Å²) in [6.45, 7) is 4.21. The predicted octanol–water partition coefficient (Wildman–Crippen LogP) is 2.63. The molecule has 1 aromatic heterocycles. The monoisotopic (exact) mass is 380 g/mol. The highest BCUT2D eigenvalue weighted by molar-refractivity contribution is 5.95. The first-order valence-corrected chi connectivity index (χ1v) is 8.49. The van der Waals surface area contributed by atoms with Crippen LogP contribution in [-0.4, -0.2) is 45.1 Å². The van der Waals surface area contributed by atoms with Gasteiger partial charge in [0.1, 0.15) is 5.69 Å². The first-order chi connectivity index (χ1) is 12.7. The maximum atomic E-state index is 13.1. The van der Waals surface area contributed by atoms with Crippen LogP contribution >= 0.6 is 0 Å². The van der Waals surface area contributed by atoms with E-state index in [-0.39, 0.29) is 35.7 Å². The highest BCUT2D eigenvalue weighted by atomic mass is 19.4. The van der Waals surface area contributed by atoms with E-state index in [1.807, 2.05) is 13.8 Å². The van der Waals surface area contributed by atoms with Crippen molar-refractivity contribution in [3.8, 4) is 5.69 Å². The minimum Gasteiger partial charge on any atom is -0.347 e. The minimum atomic E-state index is -4.56. The Morgan fingerprint density at radius 1 is 1.30 bits per heavy atom. The van der Waals surface area contributed by atoms with E-state index >= 15 is 0 Å². The average molecular weight is 380 g/mol. The molecule has 0 aliphatic carbocycles. The summed E-state index contributed by atoms with van der Waals surface area (Å²) < 4.78 is 39.9. The highest BCUT2D eigenvalue weighted by Crippen LogP contribution is 2.30. The molecule has 6 nitrogen and oxygen atoms in total. The summed E-state index contributed by atoms with van der Waals surface area (Å²) in [7, 11) is 0. The number of halogens is 3. The smallest absolute Gasteiger partial charge is 0.347 e. The van der Waals surface area contributed by atoms with Gasteiger partial charge in [0.05, 0.1) is 17.9 Å². The number of rotatable bonds is 4. The zero-order chi connectivity index (χ0) is 19.8. The SMILES string of the molecule is CC(C)N1CC(NC(=O)c2cccc(-n3nccc3C(F)(F)F)c2)CC1=O. The van der Waals surface area contributed by atoms with Crippen molar-refractivity contribution in [1.82, 2.24) is 20.0 Å². The Morgan fingerprint density at radius 3 is 2.67 bits per heavy atom. The molecule has 2 heterocycles. The number of benzene rings is 1. The maximum Gasteiger partial charge on any atom is 0.433 e. The predicted molar refractivity (Wildman–Crippen MR) is 91.3 cm³/mol. The van der Waals surface area contributed by atoms with Crippen LogP contribution in [0.4, 0.5) is 13.2 Å². The largest absolute Gasteiger partial charge is 0.433 e. The summed E-state index contributed by atoms with van der Waals surface area (Å²) in [6, 6.07) is 6.37. The fourth-order valence-corrected chi connectivity index (χ4v) is 3.10. The van der Waals surface area contributed by atoms with Crippen LogP contribution in [0.15, 0.2) is 36.5 Å². The second kappa shape index (κ2) is 7.05. The van der Waals surface area contributed by atoms with Crippen LogP contribution in [0.5, 0.6) is 0 Å². The normalized spacial score (nSPS) is 17.6. The number of hydrogen-bond donors (Lipinski definition) is 1. The van der Waals surface area contributed by atoms with Crippen LogP contribution in [0.2, 0.25) is 0 Å². The van der Waals surface area contributed by atoms with Gasteiger partial charge in [-0.25, -0.2) is 4.68 Å². The maximum absolute atomic E-state index is 13.1. The van der Waals surface area contributed by atoms with Crippen LogP contribution in [-0.2, 0) is 11.0 Å². The molecule has 1 atom stereocenters. The summed E-state index contributed by atoms with van der Waals surface area (Å²) in [5.41, 5.74) is -0.591. The molecule has 0 radical (unpaired) electrons. The molecule has 1 aromatic carbocycles. The van der Waals surface area contributed by atoms with Crippen molar-refractivity contribution < 1.29 is 22.8 Å². The Hall–Kier alpha value is -2.84. The van der Waals surface area contributed by atoms with Gasteiger partial charge in [0.15, 0.2) is 0 Å². The van der Waals surface area contributed by atoms with E-state index in [4.69, 9.17) is 0 Å². The van der Waals surface area contributed by atoms with Crippen molar-refractivity contribution in [3.63, 3.8) is 0 Å². The molecule has 144 valence electrons. The van der Waals surface area contributed by atoms with Crippen molar-refractivity contribution in [2.24, 2.45) is 0 Å². The molecule has 2 amide bonds. The van der Waals surface area contributed by atoms with E-state index in [0.29, 0.717) is 6.54 Å². The van der Waals surface area contributed by atoms with Gasteiger partial charge in [-0.2, -0.15) is 18.3 Å². The number of hydrogen-bond acceptors (Lipinski definition) is 3. The number of aromatic nitrogens is 2. The van der Waals surface area contributed by atoms with Gasteiger partial charge in [-0.3, -0.25) is 9.59 Å². The van der Waals surface area contributed by atoms with E-state index in [0.717, 1.165) is 16.9 Å². The molecule has 1 aliphatic heterocycles. The van der Waals surface area contributed by atoms with Gasteiger partial charge in [0.25, 0.3) is 5.91 Å². The molecule has 1 aliphatic rings. The van der Waals surface area contributed by atoms with Gasteiger partial charge >= 0.3 is 6.18 Å². The quantitative estimate of drug-likeness (QED) is 0.887. The van der Waals surface area contributed by atoms with Crippen molar-refractivity contribution in [1.29, 1.82) is 0 Å². The van der Waals surface area contributed by atoms with Crippen LogP contribution in [0, 0.1) is 0 Å². The fourth-order valence-electron chi connectivity index (χ4n) is 3.10. The Bertz CT molecular complexity index is 860. The number of alkyl halides is 3. The van der Waals surface area contributed by atoms with Crippen LogP contribution in [0.3, 0.4) is 0 Å². The van der Waals surface area contributed by atoms with Gasteiger partial charge < -0.3 is 10.2 Å². The molecule has 9 heteroatoms. The molecule has 1 fully saturated rings. The Morgan fingerprint density at radius 2 is 2.04 bits per heavy atom. The topological polar surface area (TPSA) is 67.2 Å². The Kier molecular flexibility index (Phi) is 4.95. The van der Waals surface area contributed by atoms with E-state index in [1.165, 1.54) is 24.3 Å². The van der Waals surface area contributed by atoms with Gasteiger partial charge in [0.2, 0.25) is 5.91 Å². The lowest BCUT2D eigenvalue weighted by atomic mass is 10.1. The molecule has 27 heavy (non-hydrogen) atoms. The highest BCUT2D eigenvalue weighted by Gasteiger charge is 2.35. The summed E-state index contributed by atoms with van der Waals surface area (Å²) in [5, 5.41) is 6.48. The molecule has 0 spiro atoms. The Balaban J connectivity index is 1.78. The molecular weight excluding hydrogens is 361 g/mol. The lowest BCUT2D eigenvalue weighted by Gasteiger charge is -2.21. The average Bonchev–Trinajstić information content (AvgIpc) is 3.21. The summed E-state index contributed by atoms with van der Waals surface area (Å²) in [5.74, 6) is -0.476. The van der Waals surface area contributed by atoms with Crippen molar-refractivity contribution in [3.05, 3.63) is 47.8 Å². The third-order valence-electron chi connectivity index (χ3n) is 4.40. The lowest BCUT2D eigenvalue weighted by Crippen LogP contribution is -2.38. The zero-order valence-electron chi connectivity index (χ0n) is 14.8. The molecule has 0 bridgehead atoms. The Labute approximate surface area is 154 Å². The van der Waals surface area contributed by atoms with Crippen LogP contribution in [0.25, 0.3) is 5.69 Å². The van der Waals surface area contributed by atoms with Crippen molar-refractivity contribution in [2.45, 2.75) is 38.5 Å². The number of nitrogens with zero attached hydrogens (tertiary/aromatic N) is 3. The molecule has 3 rings (SSSR count). The number of likely N-dealkylation sites (tertiary alicyclic amines) is 1. The summed E-state index contributed by atoms with van der Waals surface area (Å²) in [6.07, 6.45) is -3.29. The fraction of sp³-hybridized carbons (Fsp3) is 0.389. The van der Waals surface area contributed by atoms with E-state index in [1.54, 1.807) is 4.90 Å². The molecule has 0 saturated carbocycles. The summed E-state index contributed by atoms with van der Waals surface area (Å²) >= 11 is 0.